The number of nitrogens with one attached hydrogen (secondary N) is 1. The first kappa shape index (κ1) is 12.6. The van der Waals surface area contributed by atoms with Crippen LogP contribution in [0.1, 0.15) is 49.7 Å². The van der Waals surface area contributed by atoms with Gasteiger partial charge in [0.25, 0.3) is 5.91 Å². The van der Waals surface area contributed by atoms with Crippen LogP contribution in [0.5, 0.6) is 0 Å². The highest BCUT2D eigenvalue weighted by molar-refractivity contribution is 7.12. The molecule has 1 saturated carbocycles. The molecule has 0 unspecified atom stereocenters. The van der Waals surface area contributed by atoms with Gasteiger partial charge in [-0.3, -0.25) is 4.79 Å². The SMILES string of the molecule is C[C@@H]1C[C@@H](NC(=O)c2cccs2)CC(C)(C)C1. The number of carbonyl (C=O) groups excluding carboxylic acids is 1. The van der Waals surface area contributed by atoms with Crippen LogP contribution in [0, 0.1) is 11.3 Å². The zero-order chi connectivity index (χ0) is 12.5. The van der Waals surface area contributed by atoms with Crippen LogP contribution >= 0.6 is 11.3 Å². The molecule has 2 rings (SSSR count). The van der Waals surface area contributed by atoms with E-state index in [1.807, 2.05) is 17.5 Å². The van der Waals surface area contributed by atoms with Crippen molar-refractivity contribution >= 4 is 17.2 Å². The van der Waals surface area contributed by atoms with Gasteiger partial charge in [-0.05, 0) is 42.0 Å². The van der Waals surface area contributed by atoms with E-state index in [0.717, 1.165) is 17.7 Å². The normalized spacial score (nSPS) is 27.7. The number of hydrogen-bond donors (Lipinski definition) is 1. The van der Waals surface area contributed by atoms with Crippen molar-refractivity contribution in [3.8, 4) is 0 Å². The fourth-order valence-electron chi connectivity index (χ4n) is 3.12. The predicted octanol–water partition coefficient (Wildman–Crippen LogP) is 3.69. The predicted molar refractivity (Wildman–Crippen MR) is 72.4 cm³/mol. The van der Waals surface area contributed by atoms with Gasteiger partial charge in [-0.25, -0.2) is 0 Å². The van der Waals surface area contributed by atoms with Crippen molar-refractivity contribution in [3.63, 3.8) is 0 Å². The van der Waals surface area contributed by atoms with Crippen molar-refractivity contribution in [2.24, 2.45) is 11.3 Å². The minimum atomic E-state index is 0.0925. The third-order valence-electron chi connectivity index (χ3n) is 3.47. The topological polar surface area (TPSA) is 29.1 Å². The molecule has 2 nitrogen and oxygen atoms in total. The van der Waals surface area contributed by atoms with E-state index in [0.29, 0.717) is 17.4 Å². The van der Waals surface area contributed by atoms with Crippen LogP contribution in [-0.4, -0.2) is 11.9 Å². The molecule has 1 aromatic heterocycles. The van der Waals surface area contributed by atoms with Gasteiger partial charge in [-0.1, -0.05) is 26.8 Å². The van der Waals surface area contributed by atoms with E-state index in [4.69, 9.17) is 0 Å². The van der Waals surface area contributed by atoms with Crippen molar-refractivity contribution in [1.82, 2.24) is 5.32 Å². The second-order valence-corrected chi connectivity index (χ2v) is 7.01. The minimum absolute atomic E-state index is 0.0925. The molecule has 17 heavy (non-hydrogen) atoms. The molecule has 2 atom stereocenters. The maximum atomic E-state index is 12.0. The molecule has 1 aliphatic carbocycles. The van der Waals surface area contributed by atoms with Crippen molar-refractivity contribution in [3.05, 3.63) is 22.4 Å². The Hall–Kier alpha value is -0.830. The van der Waals surface area contributed by atoms with E-state index in [1.165, 1.54) is 17.8 Å². The minimum Gasteiger partial charge on any atom is -0.349 e. The van der Waals surface area contributed by atoms with Crippen LogP contribution in [0.2, 0.25) is 0 Å². The summed E-state index contributed by atoms with van der Waals surface area (Å²) in [5.41, 5.74) is 0.352. The van der Waals surface area contributed by atoms with Crippen LogP contribution in [0.15, 0.2) is 17.5 Å². The molecule has 1 aromatic rings. The van der Waals surface area contributed by atoms with Crippen LogP contribution in [-0.2, 0) is 0 Å². The zero-order valence-corrected chi connectivity index (χ0v) is 11.6. The Kier molecular flexibility index (Phi) is 3.57. The first-order valence-corrected chi connectivity index (χ1v) is 7.19. The maximum absolute atomic E-state index is 12.0. The van der Waals surface area contributed by atoms with E-state index in [9.17, 15) is 4.79 Å². The Morgan fingerprint density at radius 3 is 2.82 bits per heavy atom. The molecular formula is C14H21NOS. The number of rotatable bonds is 2. The van der Waals surface area contributed by atoms with Crippen molar-refractivity contribution < 1.29 is 4.79 Å². The van der Waals surface area contributed by atoms with Gasteiger partial charge in [0.2, 0.25) is 0 Å². The smallest absolute Gasteiger partial charge is 0.261 e. The Morgan fingerprint density at radius 2 is 2.24 bits per heavy atom. The Morgan fingerprint density at radius 1 is 1.47 bits per heavy atom. The zero-order valence-electron chi connectivity index (χ0n) is 10.8. The lowest BCUT2D eigenvalue weighted by atomic mass is 9.70. The van der Waals surface area contributed by atoms with Crippen LogP contribution in [0.4, 0.5) is 0 Å². The van der Waals surface area contributed by atoms with Gasteiger partial charge in [0.1, 0.15) is 0 Å². The van der Waals surface area contributed by atoms with E-state index < -0.39 is 0 Å². The third kappa shape index (κ3) is 3.32. The Bertz CT molecular complexity index is 383. The summed E-state index contributed by atoms with van der Waals surface area (Å²) in [6.07, 6.45) is 3.47. The van der Waals surface area contributed by atoms with Crippen LogP contribution in [0.3, 0.4) is 0 Å². The summed E-state index contributed by atoms with van der Waals surface area (Å²) in [4.78, 5) is 12.8. The molecule has 0 spiro atoms. The fraction of sp³-hybridized carbons (Fsp3) is 0.643. The summed E-state index contributed by atoms with van der Waals surface area (Å²) < 4.78 is 0. The van der Waals surface area contributed by atoms with Gasteiger partial charge in [-0.2, -0.15) is 0 Å². The summed E-state index contributed by atoms with van der Waals surface area (Å²) in [5.74, 6) is 0.794. The fourth-order valence-corrected chi connectivity index (χ4v) is 3.75. The molecule has 1 N–H and O–H groups in total. The second-order valence-electron chi connectivity index (χ2n) is 6.06. The lowest BCUT2D eigenvalue weighted by Gasteiger charge is -2.39. The lowest BCUT2D eigenvalue weighted by Crippen LogP contribution is -2.42. The molecule has 0 radical (unpaired) electrons. The maximum Gasteiger partial charge on any atom is 0.261 e. The molecule has 1 amide bonds. The molecule has 0 bridgehead atoms. The molecule has 1 fully saturated rings. The molecule has 0 saturated heterocycles. The molecular weight excluding hydrogens is 230 g/mol. The van der Waals surface area contributed by atoms with E-state index in [1.54, 1.807) is 0 Å². The van der Waals surface area contributed by atoms with Gasteiger partial charge in [0.15, 0.2) is 0 Å². The first-order chi connectivity index (χ1) is 7.96. The Balaban J connectivity index is 1.97. The largest absolute Gasteiger partial charge is 0.349 e. The number of carbonyl (C=O) groups is 1. The number of amides is 1. The van der Waals surface area contributed by atoms with Gasteiger partial charge >= 0.3 is 0 Å². The summed E-state index contributed by atoms with van der Waals surface area (Å²) in [6, 6.07) is 4.15. The van der Waals surface area contributed by atoms with E-state index in [-0.39, 0.29) is 5.91 Å². The summed E-state index contributed by atoms with van der Waals surface area (Å²) >= 11 is 1.51. The average Bonchev–Trinajstić information content (AvgIpc) is 2.65. The van der Waals surface area contributed by atoms with Gasteiger partial charge in [0.05, 0.1) is 4.88 Å². The second kappa shape index (κ2) is 4.81. The molecule has 94 valence electrons. The Labute approximate surface area is 107 Å². The highest BCUT2D eigenvalue weighted by atomic mass is 32.1. The molecule has 1 aliphatic rings. The summed E-state index contributed by atoms with van der Waals surface area (Å²) in [6.45, 7) is 6.88. The van der Waals surface area contributed by atoms with Crippen molar-refractivity contribution in [1.29, 1.82) is 0 Å². The summed E-state index contributed by atoms with van der Waals surface area (Å²) in [5, 5.41) is 5.13. The van der Waals surface area contributed by atoms with Crippen molar-refractivity contribution in [2.75, 3.05) is 0 Å². The highest BCUT2D eigenvalue weighted by Crippen LogP contribution is 2.38. The standard InChI is InChI=1S/C14H21NOS/c1-10-7-11(9-14(2,3)8-10)15-13(16)12-5-4-6-17-12/h4-6,10-11H,7-9H2,1-3H3,(H,15,16)/t10-,11-/m1/s1. The van der Waals surface area contributed by atoms with Gasteiger partial charge < -0.3 is 5.32 Å². The average molecular weight is 251 g/mol. The number of hydrogen-bond acceptors (Lipinski definition) is 2. The summed E-state index contributed by atoms with van der Waals surface area (Å²) in [7, 11) is 0. The number of thiophene rings is 1. The monoisotopic (exact) mass is 251 g/mol. The highest BCUT2D eigenvalue weighted by Gasteiger charge is 2.32. The molecule has 0 aliphatic heterocycles. The quantitative estimate of drug-likeness (QED) is 0.853. The first-order valence-electron chi connectivity index (χ1n) is 6.31. The van der Waals surface area contributed by atoms with E-state index in [2.05, 4.69) is 26.1 Å². The molecule has 0 aromatic carbocycles. The van der Waals surface area contributed by atoms with E-state index >= 15 is 0 Å². The third-order valence-corrected chi connectivity index (χ3v) is 4.34. The van der Waals surface area contributed by atoms with Crippen molar-refractivity contribution in [2.45, 2.75) is 46.1 Å². The van der Waals surface area contributed by atoms with Gasteiger partial charge in [0, 0.05) is 6.04 Å². The van der Waals surface area contributed by atoms with Crippen LogP contribution in [0.25, 0.3) is 0 Å². The van der Waals surface area contributed by atoms with Crippen LogP contribution < -0.4 is 5.32 Å². The molecule has 3 heteroatoms. The van der Waals surface area contributed by atoms with Gasteiger partial charge in [-0.15, -0.1) is 11.3 Å². The molecule has 1 heterocycles. The lowest BCUT2D eigenvalue weighted by molar-refractivity contribution is 0.0878.